The summed E-state index contributed by atoms with van der Waals surface area (Å²) in [5.74, 6) is -0.0227. The molecule has 0 saturated heterocycles. The highest BCUT2D eigenvalue weighted by molar-refractivity contribution is 6.33. The van der Waals surface area contributed by atoms with Gasteiger partial charge in [0.1, 0.15) is 0 Å². The van der Waals surface area contributed by atoms with Crippen molar-refractivity contribution in [3.63, 3.8) is 0 Å². The van der Waals surface area contributed by atoms with E-state index in [1.54, 1.807) is 19.0 Å². The molecule has 2 aromatic carbocycles. The van der Waals surface area contributed by atoms with Gasteiger partial charge in [0.25, 0.3) is 5.91 Å². The Morgan fingerprint density at radius 2 is 1.50 bits per heavy atom. The SMILES string of the molecule is CN(C)C(=O)c1ccccc1-c1ccccc1Cl. The van der Waals surface area contributed by atoms with Crippen LogP contribution in [0.5, 0.6) is 0 Å². The molecule has 0 fully saturated rings. The number of nitrogens with zero attached hydrogens (tertiary/aromatic N) is 1. The first-order valence-electron chi connectivity index (χ1n) is 5.67. The fourth-order valence-electron chi connectivity index (χ4n) is 1.83. The van der Waals surface area contributed by atoms with Crippen molar-refractivity contribution < 1.29 is 4.79 Å². The van der Waals surface area contributed by atoms with E-state index in [4.69, 9.17) is 11.6 Å². The summed E-state index contributed by atoms with van der Waals surface area (Å²) in [7, 11) is 3.48. The predicted octanol–water partition coefficient (Wildman–Crippen LogP) is 3.71. The molecule has 2 aromatic rings. The number of rotatable bonds is 2. The quantitative estimate of drug-likeness (QED) is 0.805. The van der Waals surface area contributed by atoms with Crippen LogP contribution in [0.25, 0.3) is 11.1 Å². The van der Waals surface area contributed by atoms with Gasteiger partial charge in [0.2, 0.25) is 0 Å². The van der Waals surface area contributed by atoms with Crippen molar-refractivity contribution in [1.82, 2.24) is 4.90 Å². The zero-order valence-electron chi connectivity index (χ0n) is 10.4. The summed E-state index contributed by atoms with van der Waals surface area (Å²) in [5, 5.41) is 0.650. The lowest BCUT2D eigenvalue weighted by molar-refractivity contribution is 0.0828. The molecule has 0 bridgehead atoms. The number of hydrogen-bond donors (Lipinski definition) is 0. The fraction of sp³-hybridized carbons (Fsp3) is 0.133. The van der Waals surface area contributed by atoms with Gasteiger partial charge in [-0.2, -0.15) is 0 Å². The third kappa shape index (κ3) is 2.39. The van der Waals surface area contributed by atoms with Crippen molar-refractivity contribution in [2.45, 2.75) is 0 Å². The summed E-state index contributed by atoms with van der Waals surface area (Å²) < 4.78 is 0. The van der Waals surface area contributed by atoms with Crippen LogP contribution in [-0.4, -0.2) is 24.9 Å². The van der Waals surface area contributed by atoms with E-state index in [1.165, 1.54) is 0 Å². The summed E-state index contributed by atoms with van der Waals surface area (Å²) in [6.07, 6.45) is 0. The van der Waals surface area contributed by atoms with Gasteiger partial charge in [-0.05, 0) is 17.7 Å². The Labute approximate surface area is 112 Å². The lowest BCUT2D eigenvalue weighted by Crippen LogP contribution is -2.22. The van der Waals surface area contributed by atoms with E-state index in [9.17, 15) is 4.79 Å². The molecule has 0 radical (unpaired) electrons. The van der Waals surface area contributed by atoms with Gasteiger partial charge in [0, 0.05) is 30.2 Å². The third-order valence-electron chi connectivity index (χ3n) is 2.73. The van der Waals surface area contributed by atoms with Crippen LogP contribution in [0.1, 0.15) is 10.4 Å². The van der Waals surface area contributed by atoms with Crippen molar-refractivity contribution in [1.29, 1.82) is 0 Å². The first-order chi connectivity index (χ1) is 8.61. The van der Waals surface area contributed by atoms with Crippen molar-refractivity contribution >= 4 is 17.5 Å². The minimum atomic E-state index is -0.0227. The molecule has 0 aliphatic heterocycles. The Kier molecular flexibility index (Phi) is 3.68. The van der Waals surface area contributed by atoms with Gasteiger partial charge in [0.15, 0.2) is 0 Å². The molecule has 0 heterocycles. The van der Waals surface area contributed by atoms with Crippen molar-refractivity contribution in [2.24, 2.45) is 0 Å². The standard InChI is InChI=1S/C15H14ClNO/c1-17(2)15(18)13-9-4-3-7-11(13)12-8-5-6-10-14(12)16/h3-10H,1-2H3. The van der Waals surface area contributed by atoms with E-state index >= 15 is 0 Å². The third-order valence-corrected chi connectivity index (χ3v) is 3.06. The average Bonchev–Trinajstić information content (AvgIpc) is 2.38. The maximum absolute atomic E-state index is 12.1. The van der Waals surface area contributed by atoms with E-state index in [-0.39, 0.29) is 5.91 Å². The zero-order chi connectivity index (χ0) is 13.1. The molecule has 0 atom stereocenters. The second-order valence-corrected chi connectivity index (χ2v) is 4.63. The van der Waals surface area contributed by atoms with Crippen LogP contribution in [0, 0.1) is 0 Å². The molecular formula is C15H14ClNO. The van der Waals surface area contributed by atoms with Crippen molar-refractivity contribution in [3.05, 3.63) is 59.1 Å². The van der Waals surface area contributed by atoms with Crippen LogP contribution < -0.4 is 0 Å². The lowest BCUT2D eigenvalue weighted by atomic mass is 9.99. The Bertz CT molecular complexity index is 578. The van der Waals surface area contributed by atoms with Crippen molar-refractivity contribution in [2.75, 3.05) is 14.1 Å². The average molecular weight is 260 g/mol. The number of carbonyl (C=O) groups excluding carboxylic acids is 1. The topological polar surface area (TPSA) is 20.3 Å². The van der Waals surface area contributed by atoms with Gasteiger partial charge in [-0.3, -0.25) is 4.79 Å². The highest BCUT2D eigenvalue weighted by Crippen LogP contribution is 2.30. The Morgan fingerprint density at radius 3 is 2.11 bits per heavy atom. The molecule has 2 rings (SSSR count). The fourth-order valence-corrected chi connectivity index (χ4v) is 2.06. The maximum Gasteiger partial charge on any atom is 0.253 e. The maximum atomic E-state index is 12.1. The molecule has 0 aromatic heterocycles. The molecule has 18 heavy (non-hydrogen) atoms. The summed E-state index contributed by atoms with van der Waals surface area (Å²) in [6, 6.07) is 15.0. The van der Waals surface area contributed by atoms with E-state index in [0.717, 1.165) is 11.1 Å². The number of hydrogen-bond acceptors (Lipinski definition) is 1. The monoisotopic (exact) mass is 259 g/mol. The smallest absolute Gasteiger partial charge is 0.253 e. The lowest BCUT2D eigenvalue weighted by Gasteiger charge is -2.14. The number of amides is 1. The molecular weight excluding hydrogens is 246 g/mol. The molecule has 0 N–H and O–H groups in total. The highest BCUT2D eigenvalue weighted by atomic mass is 35.5. The number of halogens is 1. The van der Waals surface area contributed by atoms with E-state index in [1.807, 2.05) is 48.5 Å². The van der Waals surface area contributed by atoms with Crippen molar-refractivity contribution in [3.8, 4) is 11.1 Å². The molecule has 0 spiro atoms. The second-order valence-electron chi connectivity index (χ2n) is 4.23. The normalized spacial score (nSPS) is 10.2. The Hall–Kier alpha value is -1.80. The summed E-state index contributed by atoms with van der Waals surface area (Å²) in [6.45, 7) is 0. The molecule has 0 aliphatic rings. The predicted molar refractivity (Wildman–Crippen MR) is 74.9 cm³/mol. The molecule has 1 amide bonds. The minimum Gasteiger partial charge on any atom is -0.345 e. The van der Waals surface area contributed by atoms with Crippen LogP contribution in [0.15, 0.2) is 48.5 Å². The molecule has 2 nitrogen and oxygen atoms in total. The van der Waals surface area contributed by atoms with E-state index in [0.29, 0.717) is 10.6 Å². The Morgan fingerprint density at radius 1 is 0.944 bits per heavy atom. The molecule has 92 valence electrons. The van der Waals surface area contributed by atoms with Crippen LogP contribution >= 0.6 is 11.6 Å². The molecule has 0 saturated carbocycles. The molecule has 0 aliphatic carbocycles. The largest absolute Gasteiger partial charge is 0.345 e. The van der Waals surface area contributed by atoms with Gasteiger partial charge >= 0.3 is 0 Å². The molecule has 0 unspecified atom stereocenters. The van der Waals surface area contributed by atoms with Gasteiger partial charge < -0.3 is 4.90 Å². The Balaban J connectivity index is 2.59. The van der Waals surface area contributed by atoms with Crippen LogP contribution in [0.3, 0.4) is 0 Å². The summed E-state index contributed by atoms with van der Waals surface area (Å²) >= 11 is 6.19. The van der Waals surface area contributed by atoms with Gasteiger partial charge in [0.05, 0.1) is 0 Å². The molecule has 3 heteroatoms. The first kappa shape index (κ1) is 12.7. The van der Waals surface area contributed by atoms with E-state index < -0.39 is 0 Å². The second kappa shape index (κ2) is 5.23. The van der Waals surface area contributed by atoms with Crippen LogP contribution in [0.4, 0.5) is 0 Å². The summed E-state index contributed by atoms with van der Waals surface area (Å²) in [4.78, 5) is 13.7. The van der Waals surface area contributed by atoms with Gasteiger partial charge in [-0.15, -0.1) is 0 Å². The summed E-state index contributed by atoms with van der Waals surface area (Å²) in [5.41, 5.74) is 2.40. The highest BCUT2D eigenvalue weighted by Gasteiger charge is 2.15. The van der Waals surface area contributed by atoms with Gasteiger partial charge in [-0.25, -0.2) is 0 Å². The number of carbonyl (C=O) groups is 1. The minimum absolute atomic E-state index is 0.0227. The van der Waals surface area contributed by atoms with Crippen LogP contribution in [-0.2, 0) is 0 Å². The van der Waals surface area contributed by atoms with Crippen LogP contribution in [0.2, 0.25) is 5.02 Å². The number of benzene rings is 2. The van der Waals surface area contributed by atoms with Gasteiger partial charge in [-0.1, -0.05) is 48.0 Å². The van der Waals surface area contributed by atoms with E-state index in [2.05, 4.69) is 0 Å². The zero-order valence-corrected chi connectivity index (χ0v) is 11.1. The first-order valence-corrected chi connectivity index (χ1v) is 6.04.